The Hall–Kier alpha value is -1.70. The standard InChI is InChI=1S/C24H42FN5O/c1-5-26-24(28-20(4)10-9-13-29(6-2)7-3)27-19-23(30-14-16-31-17-15-30)21-11-8-12-22(25)18-21/h8,11-12,18,20,23H,5-7,9-10,13-17,19H2,1-4H3,(H2,26,27,28). The molecule has 0 radical (unpaired) electrons. The van der Waals surface area contributed by atoms with Gasteiger partial charge in [0.2, 0.25) is 0 Å². The first-order valence-electron chi connectivity index (χ1n) is 11.9. The minimum Gasteiger partial charge on any atom is -0.379 e. The molecule has 6 nitrogen and oxygen atoms in total. The van der Waals surface area contributed by atoms with E-state index in [-0.39, 0.29) is 11.9 Å². The molecule has 2 atom stereocenters. The van der Waals surface area contributed by atoms with Crippen molar-refractivity contribution < 1.29 is 9.13 Å². The quantitative estimate of drug-likeness (QED) is 0.390. The van der Waals surface area contributed by atoms with Crippen LogP contribution in [-0.2, 0) is 4.74 Å². The molecule has 1 aromatic carbocycles. The van der Waals surface area contributed by atoms with Gasteiger partial charge >= 0.3 is 0 Å². The van der Waals surface area contributed by atoms with Gasteiger partial charge in [-0.1, -0.05) is 26.0 Å². The highest BCUT2D eigenvalue weighted by Gasteiger charge is 2.23. The van der Waals surface area contributed by atoms with E-state index in [0.717, 1.165) is 63.6 Å². The third kappa shape index (κ3) is 9.13. The van der Waals surface area contributed by atoms with E-state index in [1.54, 1.807) is 12.1 Å². The molecule has 31 heavy (non-hydrogen) atoms. The summed E-state index contributed by atoms with van der Waals surface area (Å²) in [6.07, 6.45) is 2.26. The van der Waals surface area contributed by atoms with Gasteiger partial charge in [-0.2, -0.15) is 0 Å². The average Bonchev–Trinajstić information content (AvgIpc) is 2.78. The van der Waals surface area contributed by atoms with Crippen molar-refractivity contribution in [1.29, 1.82) is 0 Å². The lowest BCUT2D eigenvalue weighted by Crippen LogP contribution is -2.44. The Kier molecular flexibility index (Phi) is 11.9. The zero-order valence-corrected chi connectivity index (χ0v) is 19.9. The van der Waals surface area contributed by atoms with Crippen LogP contribution in [0.1, 0.15) is 52.1 Å². The number of aliphatic imine (C=N–C) groups is 1. The van der Waals surface area contributed by atoms with Gasteiger partial charge in [0.1, 0.15) is 5.82 Å². The van der Waals surface area contributed by atoms with Gasteiger partial charge < -0.3 is 20.3 Å². The summed E-state index contributed by atoms with van der Waals surface area (Å²) < 4.78 is 19.4. The molecule has 176 valence electrons. The normalized spacial score (nSPS) is 17.5. The van der Waals surface area contributed by atoms with E-state index in [9.17, 15) is 4.39 Å². The van der Waals surface area contributed by atoms with Crippen molar-refractivity contribution in [2.45, 2.75) is 52.6 Å². The average molecular weight is 436 g/mol. The minimum atomic E-state index is -0.202. The largest absolute Gasteiger partial charge is 0.379 e. The van der Waals surface area contributed by atoms with E-state index >= 15 is 0 Å². The van der Waals surface area contributed by atoms with Crippen LogP contribution in [0.2, 0.25) is 0 Å². The molecule has 2 N–H and O–H groups in total. The number of benzene rings is 1. The van der Waals surface area contributed by atoms with Crippen LogP contribution in [0.4, 0.5) is 4.39 Å². The van der Waals surface area contributed by atoms with Crippen LogP contribution >= 0.6 is 0 Å². The zero-order valence-electron chi connectivity index (χ0n) is 19.9. The summed E-state index contributed by atoms with van der Waals surface area (Å²) in [5, 5.41) is 6.92. The van der Waals surface area contributed by atoms with Crippen molar-refractivity contribution in [2.75, 3.05) is 59.0 Å². The Bertz CT molecular complexity index is 647. The molecule has 7 heteroatoms. The molecule has 0 aliphatic carbocycles. The number of ether oxygens (including phenoxy) is 1. The van der Waals surface area contributed by atoms with Gasteiger partial charge in [-0.25, -0.2) is 4.39 Å². The highest BCUT2D eigenvalue weighted by atomic mass is 19.1. The molecule has 0 saturated carbocycles. The fourth-order valence-corrected chi connectivity index (χ4v) is 4.00. The number of rotatable bonds is 12. The van der Waals surface area contributed by atoms with Gasteiger partial charge in [-0.15, -0.1) is 0 Å². The molecule has 1 heterocycles. The summed E-state index contributed by atoms with van der Waals surface area (Å²) in [4.78, 5) is 9.69. The van der Waals surface area contributed by atoms with E-state index < -0.39 is 0 Å². The van der Waals surface area contributed by atoms with Gasteiger partial charge in [-0.05, 0) is 64.0 Å². The fraction of sp³-hybridized carbons (Fsp3) is 0.708. The number of hydrogen-bond donors (Lipinski definition) is 2. The minimum absolute atomic E-state index is 0.0352. The Morgan fingerprint density at radius 2 is 1.97 bits per heavy atom. The Labute approximate surface area is 188 Å². The highest BCUT2D eigenvalue weighted by molar-refractivity contribution is 5.80. The number of morpholine rings is 1. The SMILES string of the molecule is CCNC(=NCC(c1cccc(F)c1)N1CCOCC1)NC(C)CCCN(CC)CC. The van der Waals surface area contributed by atoms with Gasteiger partial charge in [-0.3, -0.25) is 9.89 Å². The second kappa shape index (κ2) is 14.4. The zero-order chi connectivity index (χ0) is 22.5. The molecule has 1 aliphatic rings. The van der Waals surface area contributed by atoms with Gasteiger partial charge in [0, 0.05) is 25.7 Å². The molecule has 2 unspecified atom stereocenters. The first-order chi connectivity index (χ1) is 15.1. The lowest BCUT2D eigenvalue weighted by molar-refractivity contribution is 0.0179. The van der Waals surface area contributed by atoms with Gasteiger partial charge in [0.25, 0.3) is 0 Å². The number of guanidine groups is 1. The molecule has 0 bridgehead atoms. The summed E-state index contributed by atoms with van der Waals surface area (Å²) in [5.74, 6) is 0.624. The Morgan fingerprint density at radius 1 is 1.23 bits per heavy atom. The van der Waals surface area contributed by atoms with Crippen molar-refractivity contribution in [1.82, 2.24) is 20.4 Å². The number of halogens is 1. The predicted octanol–water partition coefficient (Wildman–Crippen LogP) is 3.26. The molecular formula is C24H42FN5O. The molecule has 2 rings (SSSR count). The molecule has 0 aromatic heterocycles. The third-order valence-corrected chi connectivity index (χ3v) is 5.88. The van der Waals surface area contributed by atoms with E-state index in [1.807, 2.05) is 6.07 Å². The van der Waals surface area contributed by atoms with Crippen molar-refractivity contribution in [2.24, 2.45) is 4.99 Å². The monoisotopic (exact) mass is 435 g/mol. The summed E-state index contributed by atoms with van der Waals surface area (Å²) >= 11 is 0. The van der Waals surface area contributed by atoms with Gasteiger partial charge in [0.05, 0.1) is 25.8 Å². The van der Waals surface area contributed by atoms with Crippen molar-refractivity contribution in [3.63, 3.8) is 0 Å². The van der Waals surface area contributed by atoms with E-state index in [2.05, 4.69) is 48.1 Å². The Morgan fingerprint density at radius 3 is 2.61 bits per heavy atom. The summed E-state index contributed by atoms with van der Waals surface area (Å²) in [7, 11) is 0. The first-order valence-corrected chi connectivity index (χ1v) is 11.9. The van der Waals surface area contributed by atoms with Crippen LogP contribution in [0.15, 0.2) is 29.3 Å². The maximum absolute atomic E-state index is 13.9. The predicted molar refractivity (Wildman–Crippen MR) is 127 cm³/mol. The van der Waals surface area contributed by atoms with Crippen LogP contribution in [0.5, 0.6) is 0 Å². The number of nitrogens with one attached hydrogen (secondary N) is 2. The van der Waals surface area contributed by atoms with Crippen molar-refractivity contribution >= 4 is 5.96 Å². The van der Waals surface area contributed by atoms with Crippen LogP contribution in [0.25, 0.3) is 0 Å². The topological polar surface area (TPSA) is 52.1 Å². The second-order valence-corrected chi connectivity index (χ2v) is 8.15. The molecule has 0 amide bonds. The molecule has 0 spiro atoms. The molecular weight excluding hydrogens is 393 g/mol. The van der Waals surface area contributed by atoms with Crippen molar-refractivity contribution in [3.8, 4) is 0 Å². The molecule has 1 aliphatic heterocycles. The lowest BCUT2D eigenvalue weighted by Gasteiger charge is -2.34. The van der Waals surface area contributed by atoms with Crippen LogP contribution in [-0.4, -0.2) is 80.8 Å². The van der Waals surface area contributed by atoms with E-state index in [1.165, 1.54) is 6.07 Å². The molecule has 1 fully saturated rings. The Balaban J connectivity index is 2.01. The maximum atomic E-state index is 13.9. The highest BCUT2D eigenvalue weighted by Crippen LogP contribution is 2.23. The molecule has 1 saturated heterocycles. The lowest BCUT2D eigenvalue weighted by atomic mass is 10.0. The van der Waals surface area contributed by atoms with Gasteiger partial charge in [0.15, 0.2) is 5.96 Å². The number of hydrogen-bond acceptors (Lipinski definition) is 4. The third-order valence-electron chi connectivity index (χ3n) is 5.88. The van der Waals surface area contributed by atoms with Crippen molar-refractivity contribution in [3.05, 3.63) is 35.6 Å². The summed E-state index contributed by atoms with van der Waals surface area (Å²) in [6.45, 7) is 16.5. The maximum Gasteiger partial charge on any atom is 0.191 e. The fourth-order valence-electron chi connectivity index (χ4n) is 4.00. The number of nitrogens with zero attached hydrogens (tertiary/aromatic N) is 3. The van der Waals surface area contributed by atoms with Crippen LogP contribution < -0.4 is 10.6 Å². The summed E-state index contributed by atoms with van der Waals surface area (Å²) in [5.41, 5.74) is 0.966. The molecule has 1 aromatic rings. The summed E-state index contributed by atoms with van der Waals surface area (Å²) in [6, 6.07) is 7.27. The second-order valence-electron chi connectivity index (χ2n) is 8.15. The van der Waals surface area contributed by atoms with E-state index in [4.69, 9.17) is 9.73 Å². The van der Waals surface area contributed by atoms with Crippen LogP contribution in [0, 0.1) is 5.82 Å². The smallest absolute Gasteiger partial charge is 0.191 e. The van der Waals surface area contributed by atoms with Crippen LogP contribution in [0.3, 0.4) is 0 Å². The van der Waals surface area contributed by atoms with E-state index in [0.29, 0.717) is 25.8 Å². The first kappa shape index (κ1) is 25.6.